The Morgan fingerprint density at radius 2 is 2.05 bits per heavy atom. The Morgan fingerprint density at radius 3 is 2.71 bits per heavy atom. The molecule has 0 bridgehead atoms. The second-order valence-electron chi connectivity index (χ2n) is 5.04. The number of ether oxygens (including phenoxy) is 2. The highest BCUT2D eigenvalue weighted by Crippen LogP contribution is 2.33. The van der Waals surface area contributed by atoms with Crippen LogP contribution in [0.4, 0.5) is 0 Å². The van der Waals surface area contributed by atoms with E-state index in [9.17, 15) is 4.79 Å². The zero-order chi connectivity index (χ0) is 14.8. The minimum atomic E-state index is -0.653. The summed E-state index contributed by atoms with van der Waals surface area (Å²) < 4.78 is 11.6. The van der Waals surface area contributed by atoms with Crippen LogP contribution in [0.25, 0.3) is 0 Å². The molecule has 2 unspecified atom stereocenters. The van der Waals surface area contributed by atoms with Gasteiger partial charge < -0.3 is 19.4 Å². The van der Waals surface area contributed by atoms with E-state index >= 15 is 0 Å². The Bertz CT molecular complexity index is 627. The summed E-state index contributed by atoms with van der Waals surface area (Å²) in [6.07, 6.45) is 2.39. The Morgan fingerprint density at radius 1 is 1.33 bits per heavy atom. The number of hydrogen-bond acceptors (Lipinski definition) is 4. The first-order valence-electron chi connectivity index (χ1n) is 6.80. The SMILES string of the molecule is CC1Oc2ccccc2OC1C(=O)N(C)Cc1ncc[nH]1. The average molecular weight is 287 g/mol. The molecule has 0 radical (unpaired) electrons. The molecule has 2 atom stereocenters. The number of para-hydroxylation sites is 2. The molecule has 2 aromatic rings. The van der Waals surface area contributed by atoms with Crippen molar-refractivity contribution in [1.29, 1.82) is 0 Å². The summed E-state index contributed by atoms with van der Waals surface area (Å²) in [5, 5.41) is 0. The van der Waals surface area contributed by atoms with Gasteiger partial charge in [0.1, 0.15) is 11.9 Å². The minimum absolute atomic E-state index is 0.131. The molecule has 0 saturated heterocycles. The largest absolute Gasteiger partial charge is 0.482 e. The Hall–Kier alpha value is -2.50. The number of benzene rings is 1. The van der Waals surface area contributed by atoms with Crippen LogP contribution in [0.5, 0.6) is 11.5 Å². The normalized spacial score (nSPS) is 20.1. The number of likely N-dealkylation sites (N-methyl/N-ethyl adjacent to an activating group) is 1. The Kier molecular flexibility index (Phi) is 3.51. The van der Waals surface area contributed by atoms with Gasteiger partial charge in [0.15, 0.2) is 11.5 Å². The van der Waals surface area contributed by atoms with E-state index < -0.39 is 6.10 Å². The van der Waals surface area contributed by atoms with E-state index in [4.69, 9.17) is 9.47 Å². The van der Waals surface area contributed by atoms with Gasteiger partial charge in [-0.15, -0.1) is 0 Å². The van der Waals surface area contributed by atoms with Gasteiger partial charge in [0.25, 0.3) is 5.91 Å². The maximum absolute atomic E-state index is 12.5. The first-order chi connectivity index (χ1) is 10.1. The monoisotopic (exact) mass is 287 g/mol. The molecule has 1 aromatic heterocycles. The Balaban J connectivity index is 1.73. The van der Waals surface area contributed by atoms with Gasteiger partial charge in [0, 0.05) is 19.4 Å². The number of nitrogens with one attached hydrogen (secondary N) is 1. The fraction of sp³-hybridized carbons (Fsp3) is 0.333. The van der Waals surface area contributed by atoms with E-state index in [1.165, 1.54) is 0 Å². The standard InChI is InChI=1S/C15H17N3O3/c1-10-14(21-12-6-4-3-5-11(12)20-10)15(19)18(2)9-13-16-7-8-17-13/h3-8,10,14H,9H2,1-2H3,(H,16,17). The molecule has 6 heteroatoms. The third-order valence-corrected chi connectivity index (χ3v) is 3.40. The van der Waals surface area contributed by atoms with E-state index in [1.807, 2.05) is 25.1 Å². The smallest absolute Gasteiger partial charge is 0.267 e. The molecule has 0 fully saturated rings. The number of amides is 1. The van der Waals surface area contributed by atoms with E-state index in [-0.39, 0.29) is 12.0 Å². The molecule has 0 spiro atoms. The van der Waals surface area contributed by atoms with E-state index in [2.05, 4.69) is 9.97 Å². The quantitative estimate of drug-likeness (QED) is 0.931. The fourth-order valence-corrected chi connectivity index (χ4v) is 2.29. The highest BCUT2D eigenvalue weighted by Gasteiger charge is 2.35. The maximum atomic E-state index is 12.5. The topological polar surface area (TPSA) is 67.5 Å². The molecule has 1 N–H and O–H groups in total. The van der Waals surface area contributed by atoms with Crippen molar-refractivity contribution in [2.24, 2.45) is 0 Å². The number of rotatable bonds is 3. The first kappa shape index (κ1) is 13.5. The van der Waals surface area contributed by atoms with Gasteiger partial charge in [-0.25, -0.2) is 4.98 Å². The second-order valence-corrected chi connectivity index (χ2v) is 5.04. The highest BCUT2D eigenvalue weighted by atomic mass is 16.6. The predicted molar refractivity (Wildman–Crippen MR) is 76.0 cm³/mol. The number of fused-ring (bicyclic) bond motifs is 1. The lowest BCUT2D eigenvalue weighted by Gasteiger charge is -2.33. The number of aromatic amines is 1. The van der Waals surface area contributed by atoms with Crippen molar-refractivity contribution in [3.05, 3.63) is 42.5 Å². The molecule has 110 valence electrons. The molecule has 21 heavy (non-hydrogen) atoms. The van der Waals surface area contributed by atoms with Crippen LogP contribution in [0.2, 0.25) is 0 Å². The van der Waals surface area contributed by atoms with Gasteiger partial charge in [-0.05, 0) is 19.1 Å². The molecular formula is C15H17N3O3. The molecule has 0 saturated carbocycles. The summed E-state index contributed by atoms with van der Waals surface area (Å²) >= 11 is 0. The van der Waals surface area contributed by atoms with Gasteiger partial charge >= 0.3 is 0 Å². The van der Waals surface area contributed by atoms with E-state index in [1.54, 1.807) is 30.4 Å². The van der Waals surface area contributed by atoms with Gasteiger partial charge in [0.05, 0.1) is 6.54 Å². The van der Waals surface area contributed by atoms with E-state index in [0.29, 0.717) is 18.0 Å². The third-order valence-electron chi connectivity index (χ3n) is 3.40. The van der Waals surface area contributed by atoms with Crippen molar-refractivity contribution in [2.45, 2.75) is 25.7 Å². The molecule has 1 aromatic carbocycles. The van der Waals surface area contributed by atoms with E-state index in [0.717, 1.165) is 5.82 Å². The molecule has 2 heterocycles. The summed E-state index contributed by atoms with van der Waals surface area (Å²) in [4.78, 5) is 21.2. The molecule has 1 aliphatic rings. The summed E-state index contributed by atoms with van der Waals surface area (Å²) in [6.45, 7) is 2.24. The summed E-state index contributed by atoms with van der Waals surface area (Å²) in [5.74, 6) is 1.87. The van der Waals surface area contributed by atoms with Crippen LogP contribution in [-0.4, -0.2) is 40.0 Å². The number of hydrogen-bond donors (Lipinski definition) is 1. The molecule has 1 amide bonds. The van der Waals surface area contributed by atoms with Crippen LogP contribution in [0.15, 0.2) is 36.7 Å². The number of H-pyrrole nitrogens is 1. The third kappa shape index (κ3) is 2.69. The van der Waals surface area contributed by atoms with Gasteiger partial charge in [-0.3, -0.25) is 4.79 Å². The average Bonchev–Trinajstić information content (AvgIpc) is 2.98. The van der Waals surface area contributed by atoms with Crippen molar-refractivity contribution < 1.29 is 14.3 Å². The van der Waals surface area contributed by atoms with Crippen LogP contribution in [0, 0.1) is 0 Å². The summed E-state index contributed by atoms with van der Waals surface area (Å²) in [6, 6.07) is 7.36. The summed E-state index contributed by atoms with van der Waals surface area (Å²) in [5.41, 5.74) is 0. The van der Waals surface area contributed by atoms with Gasteiger partial charge in [-0.1, -0.05) is 12.1 Å². The number of aromatic nitrogens is 2. The minimum Gasteiger partial charge on any atom is -0.482 e. The van der Waals surface area contributed by atoms with Crippen LogP contribution < -0.4 is 9.47 Å². The van der Waals surface area contributed by atoms with Crippen molar-refractivity contribution in [3.8, 4) is 11.5 Å². The number of carbonyl (C=O) groups excluding carboxylic acids is 1. The van der Waals surface area contributed by atoms with Crippen LogP contribution in [-0.2, 0) is 11.3 Å². The lowest BCUT2D eigenvalue weighted by atomic mass is 10.1. The zero-order valence-corrected chi connectivity index (χ0v) is 11.9. The lowest BCUT2D eigenvalue weighted by molar-refractivity contribution is -0.143. The Labute approximate surface area is 122 Å². The molecule has 6 nitrogen and oxygen atoms in total. The van der Waals surface area contributed by atoms with Crippen LogP contribution in [0.1, 0.15) is 12.7 Å². The van der Waals surface area contributed by atoms with Crippen molar-refractivity contribution >= 4 is 5.91 Å². The van der Waals surface area contributed by atoms with Crippen molar-refractivity contribution in [2.75, 3.05) is 7.05 Å². The number of nitrogens with zero attached hydrogens (tertiary/aromatic N) is 2. The highest BCUT2D eigenvalue weighted by molar-refractivity contribution is 5.82. The molecular weight excluding hydrogens is 270 g/mol. The molecule has 1 aliphatic heterocycles. The molecule has 0 aliphatic carbocycles. The first-order valence-corrected chi connectivity index (χ1v) is 6.80. The summed E-state index contributed by atoms with van der Waals surface area (Å²) in [7, 11) is 1.72. The molecule has 3 rings (SSSR count). The van der Waals surface area contributed by atoms with Gasteiger partial charge in [0.2, 0.25) is 6.10 Å². The predicted octanol–water partition coefficient (Wildman–Crippen LogP) is 1.60. The van der Waals surface area contributed by atoms with Gasteiger partial charge in [-0.2, -0.15) is 0 Å². The van der Waals surface area contributed by atoms with Crippen molar-refractivity contribution in [1.82, 2.24) is 14.9 Å². The second kappa shape index (κ2) is 5.47. The lowest BCUT2D eigenvalue weighted by Crippen LogP contribution is -2.49. The van der Waals surface area contributed by atoms with Crippen LogP contribution in [0.3, 0.4) is 0 Å². The number of carbonyl (C=O) groups is 1. The van der Waals surface area contributed by atoms with Crippen molar-refractivity contribution in [3.63, 3.8) is 0 Å². The fourth-order valence-electron chi connectivity index (χ4n) is 2.29. The number of imidazole rings is 1. The maximum Gasteiger partial charge on any atom is 0.267 e. The zero-order valence-electron chi connectivity index (χ0n) is 11.9. The van der Waals surface area contributed by atoms with Crippen LogP contribution >= 0.6 is 0 Å².